The minimum atomic E-state index is -0.782. The van der Waals surface area contributed by atoms with E-state index in [0.717, 1.165) is 6.08 Å². The van der Waals surface area contributed by atoms with Gasteiger partial charge in [0.1, 0.15) is 0 Å². The average Bonchev–Trinajstić information content (AvgIpc) is 2.77. The van der Waals surface area contributed by atoms with Gasteiger partial charge in [0.2, 0.25) is 0 Å². The standard InChI is InChI=1S/C19H19NO6/c1-4-26-19(23)16-12-9-7-5-6-8-11(12)15(17(16)20)13(18(22)25-3)10-14(21)24-2/h5-10H,4,20H2,1-3H3/b13-10+. The van der Waals surface area contributed by atoms with Gasteiger partial charge in [-0.25, -0.2) is 14.4 Å². The quantitative estimate of drug-likeness (QED) is 0.497. The number of ether oxygens (including phenoxy) is 3. The molecule has 2 rings (SSSR count). The Morgan fingerprint density at radius 2 is 1.62 bits per heavy atom. The Hall–Kier alpha value is -3.35. The van der Waals surface area contributed by atoms with E-state index in [9.17, 15) is 14.4 Å². The molecule has 2 aliphatic rings. The topological polar surface area (TPSA) is 105 Å². The summed E-state index contributed by atoms with van der Waals surface area (Å²) in [5.74, 6) is -2.15. The van der Waals surface area contributed by atoms with Gasteiger partial charge in [-0.2, -0.15) is 0 Å². The van der Waals surface area contributed by atoms with Crippen molar-refractivity contribution in [1.29, 1.82) is 0 Å². The molecule has 0 aromatic rings. The van der Waals surface area contributed by atoms with Gasteiger partial charge in [0, 0.05) is 11.6 Å². The molecule has 0 amide bonds. The van der Waals surface area contributed by atoms with Gasteiger partial charge < -0.3 is 19.9 Å². The minimum Gasteiger partial charge on any atom is -0.466 e. The van der Waals surface area contributed by atoms with Crippen LogP contribution in [0, 0.1) is 0 Å². The predicted molar refractivity (Wildman–Crippen MR) is 95.4 cm³/mol. The molecule has 0 radical (unpaired) electrons. The third-order valence-corrected chi connectivity index (χ3v) is 3.73. The molecule has 7 heteroatoms. The fourth-order valence-electron chi connectivity index (χ4n) is 2.63. The van der Waals surface area contributed by atoms with Gasteiger partial charge in [-0.3, -0.25) is 0 Å². The Morgan fingerprint density at radius 3 is 2.15 bits per heavy atom. The average molecular weight is 357 g/mol. The van der Waals surface area contributed by atoms with Crippen molar-refractivity contribution in [3.05, 3.63) is 47.5 Å². The summed E-state index contributed by atoms with van der Waals surface area (Å²) in [6.45, 7) is 1.85. The van der Waals surface area contributed by atoms with Crippen molar-refractivity contribution < 1.29 is 28.6 Å². The molecule has 0 saturated heterocycles. The van der Waals surface area contributed by atoms with Gasteiger partial charge in [0.15, 0.2) is 0 Å². The van der Waals surface area contributed by atoms with Gasteiger partial charge in [-0.15, -0.1) is 0 Å². The Morgan fingerprint density at radius 1 is 1.00 bits per heavy atom. The highest BCUT2D eigenvalue weighted by atomic mass is 16.5. The van der Waals surface area contributed by atoms with Gasteiger partial charge in [-0.1, -0.05) is 30.3 Å². The lowest BCUT2D eigenvalue weighted by molar-refractivity contribution is -0.136. The summed E-state index contributed by atoms with van der Waals surface area (Å²) >= 11 is 0. The normalized spacial score (nSPS) is 11.1. The number of anilines is 1. The number of hydrogen-bond acceptors (Lipinski definition) is 7. The van der Waals surface area contributed by atoms with E-state index in [1.807, 2.05) is 0 Å². The van der Waals surface area contributed by atoms with E-state index in [4.69, 9.17) is 15.2 Å². The fraction of sp³-hybridized carbons (Fsp3) is 0.211. The Kier molecular flexibility index (Phi) is 5.95. The summed E-state index contributed by atoms with van der Waals surface area (Å²) in [5.41, 5.74) is 7.48. The number of carbonyl (C=O) groups is 3. The second-order valence-corrected chi connectivity index (χ2v) is 5.19. The van der Waals surface area contributed by atoms with Gasteiger partial charge in [0.05, 0.1) is 37.7 Å². The maximum absolute atomic E-state index is 12.4. The van der Waals surface area contributed by atoms with Gasteiger partial charge in [-0.05, 0) is 18.1 Å². The third-order valence-electron chi connectivity index (χ3n) is 3.73. The Balaban J connectivity index is 2.83. The third kappa shape index (κ3) is 3.51. The lowest BCUT2D eigenvalue weighted by atomic mass is 10.0. The van der Waals surface area contributed by atoms with E-state index < -0.39 is 17.9 Å². The van der Waals surface area contributed by atoms with Crippen LogP contribution in [-0.4, -0.2) is 38.7 Å². The Labute approximate surface area is 150 Å². The monoisotopic (exact) mass is 357 g/mol. The second-order valence-electron chi connectivity index (χ2n) is 5.19. The van der Waals surface area contributed by atoms with E-state index in [2.05, 4.69) is 4.74 Å². The summed E-state index contributed by atoms with van der Waals surface area (Å²) < 4.78 is 14.5. The first-order chi connectivity index (χ1) is 12.5. The van der Waals surface area contributed by atoms with E-state index in [1.165, 1.54) is 14.2 Å². The molecule has 0 heterocycles. The molecule has 7 nitrogen and oxygen atoms in total. The molecule has 0 aliphatic heterocycles. The highest BCUT2D eigenvalue weighted by molar-refractivity contribution is 6.26. The number of nitrogens with two attached hydrogens (primary N) is 1. The van der Waals surface area contributed by atoms with Crippen LogP contribution in [0.3, 0.4) is 0 Å². The summed E-state index contributed by atoms with van der Waals surface area (Å²) in [4.78, 5) is 36.4. The van der Waals surface area contributed by atoms with Crippen LogP contribution < -0.4 is 5.73 Å². The molecule has 26 heavy (non-hydrogen) atoms. The molecule has 0 spiro atoms. The number of methoxy groups -OCH3 is 2. The molecule has 136 valence electrons. The summed E-state index contributed by atoms with van der Waals surface area (Å²) in [7, 11) is 2.37. The fourth-order valence-corrected chi connectivity index (χ4v) is 2.63. The molecule has 0 unspecified atom stereocenters. The Bertz CT molecular complexity index is 855. The van der Waals surface area contributed by atoms with E-state index >= 15 is 0 Å². The highest BCUT2D eigenvalue weighted by Crippen LogP contribution is 2.43. The number of rotatable bonds is 5. The largest absolute Gasteiger partial charge is 0.466 e. The van der Waals surface area contributed by atoms with E-state index in [-0.39, 0.29) is 29.0 Å². The lowest BCUT2D eigenvalue weighted by Crippen LogP contribution is -2.10. The van der Waals surface area contributed by atoms with E-state index in [0.29, 0.717) is 11.1 Å². The maximum Gasteiger partial charge on any atom is 0.340 e. The molecule has 0 fully saturated rings. The lowest BCUT2D eigenvalue weighted by Gasteiger charge is -2.07. The zero-order chi connectivity index (χ0) is 19.3. The summed E-state index contributed by atoms with van der Waals surface area (Å²) in [6, 6.07) is 8.60. The predicted octanol–water partition coefficient (Wildman–Crippen LogP) is 2.28. The smallest absolute Gasteiger partial charge is 0.340 e. The molecule has 0 atom stereocenters. The first kappa shape index (κ1) is 19.0. The van der Waals surface area contributed by atoms with Crippen LogP contribution in [0.2, 0.25) is 0 Å². The first-order valence-corrected chi connectivity index (χ1v) is 7.81. The van der Waals surface area contributed by atoms with Crippen LogP contribution in [0.15, 0.2) is 36.4 Å². The first-order valence-electron chi connectivity index (χ1n) is 7.81. The number of nitrogen functional groups attached to an aromatic ring is 1. The molecule has 0 saturated carbocycles. The summed E-state index contributed by atoms with van der Waals surface area (Å²) in [5, 5.41) is 0. The zero-order valence-corrected chi connectivity index (χ0v) is 14.7. The van der Waals surface area contributed by atoms with Crippen LogP contribution in [0.5, 0.6) is 0 Å². The zero-order valence-electron chi connectivity index (χ0n) is 14.7. The number of esters is 3. The molecule has 2 N–H and O–H groups in total. The van der Waals surface area contributed by atoms with Crippen molar-refractivity contribution in [2.24, 2.45) is 0 Å². The van der Waals surface area contributed by atoms with Gasteiger partial charge >= 0.3 is 17.9 Å². The molecule has 0 aromatic heterocycles. The van der Waals surface area contributed by atoms with Crippen LogP contribution in [0.1, 0.15) is 22.8 Å². The van der Waals surface area contributed by atoms with Crippen molar-refractivity contribution >= 4 is 29.2 Å². The minimum absolute atomic E-state index is 0.0326. The van der Waals surface area contributed by atoms with E-state index in [1.54, 1.807) is 37.3 Å². The number of fused-ring (bicyclic) bond motifs is 1. The molecule has 0 aromatic carbocycles. The molecular weight excluding hydrogens is 338 g/mol. The van der Waals surface area contributed by atoms with Crippen LogP contribution >= 0.6 is 0 Å². The van der Waals surface area contributed by atoms with Crippen molar-refractivity contribution in [1.82, 2.24) is 0 Å². The highest BCUT2D eigenvalue weighted by Gasteiger charge is 2.31. The van der Waals surface area contributed by atoms with Crippen LogP contribution in [0.4, 0.5) is 5.69 Å². The van der Waals surface area contributed by atoms with Crippen molar-refractivity contribution in [2.75, 3.05) is 26.6 Å². The van der Waals surface area contributed by atoms with Crippen LogP contribution in [0.25, 0.3) is 16.7 Å². The van der Waals surface area contributed by atoms with Gasteiger partial charge in [0.25, 0.3) is 0 Å². The molecular formula is C19H19NO6. The maximum atomic E-state index is 12.4. The van der Waals surface area contributed by atoms with Crippen molar-refractivity contribution in [3.8, 4) is 11.1 Å². The number of hydrogen-bond donors (Lipinski definition) is 1. The van der Waals surface area contributed by atoms with Crippen molar-refractivity contribution in [3.63, 3.8) is 0 Å². The number of carbonyl (C=O) groups excluding carboxylic acids is 3. The second kappa shape index (κ2) is 8.15. The van der Waals surface area contributed by atoms with Crippen molar-refractivity contribution in [2.45, 2.75) is 6.92 Å². The summed E-state index contributed by atoms with van der Waals surface area (Å²) in [6.07, 6.45) is 0.985. The SMILES string of the molecule is CCOC(=O)c1c2cccccc-2c(/C(=C\C(=O)OC)C(=O)OC)c1N. The molecule has 2 aliphatic carbocycles. The molecule has 0 bridgehead atoms. The van der Waals surface area contributed by atoms with Crippen LogP contribution in [-0.2, 0) is 23.8 Å².